The van der Waals surface area contributed by atoms with Crippen molar-refractivity contribution in [3.8, 4) is 0 Å². The van der Waals surface area contributed by atoms with E-state index in [9.17, 15) is 4.79 Å². The summed E-state index contributed by atoms with van der Waals surface area (Å²) in [6.07, 6.45) is 3.15. The van der Waals surface area contributed by atoms with Crippen molar-refractivity contribution >= 4 is 5.91 Å². The molecule has 112 valence electrons. The summed E-state index contributed by atoms with van der Waals surface area (Å²) in [5.74, 6) is 1.02. The third-order valence-electron chi connectivity index (χ3n) is 3.63. The van der Waals surface area contributed by atoms with Gasteiger partial charge in [0.2, 0.25) is 5.91 Å². The highest BCUT2D eigenvalue weighted by atomic mass is 16.1. The van der Waals surface area contributed by atoms with Crippen LogP contribution in [0, 0.1) is 5.92 Å². The molecule has 0 unspecified atom stereocenters. The van der Waals surface area contributed by atoms with E-state index in [1.807, 2.05) is 0 Å². The quantitative estimate of drug-likeness (QED) is 0.770. The Labute approximate surface area is 118 Å². The molecule has 1 aliphatic rings. The van der Waals surface area contributed by atoms with Gasteiger partial charge in [-0.25, -0.2) is 0 Å². The molecule has 2 N–H and O–H groups in total. The lowest BCUT2D eigenvalue weighted by molar-refractivity contribution is -0.121. The van der Waals surface area contributed by atoms with Gasteiger partial charge >= 0.3 is 0 Å². The first-order valence-electron chi connectivity index (χ1n) is 7.61. The van der Waals surface area contributed by atoms with Crippen LogP contribution >= 0.6 is 0 Å². The Bertz CT molecular complexity index is 265. The van der Waals surface area contributed by atoms with Gasteiger partial charge in [0.05, 0.1) is 0 Å². The lowest BCUT2D eigenvalue weighted by atomic mass is 9.99. The molecule has 1 heterocycles. The van der Waals surface area contributed by atoms with Gasteiger partial charge in [-0.2, -0.15) is 0 Å². The van der Waals surface area contributed by atoms with E-state index >= 15 is 0 Å². The molecule has 0 aliphatic carbocycles. The van der Waals surface area contributed by atoms with Crippen LogP contribution in [0.5, 0.6) is 0 Å². The van der Waals surface area contributed by atoms with E-state index < -0.39 is 0 Å². The molecule has 0 atom stereocenters. The first-order valence-corrected chi connectivity index (χ1v) is 7.61. The van der Waals surface area contributed by atoms with Gasteiger partial charge in [-0.3, -0.25) is 4.79 Å². The smallest absolute Gasteiger partial charge is 0.221 e. The van der Waals surface area contributed by atoms with Gasteiger partial charge in [-0.05, 0) is 52.6 Å². The van der Waals surface area contributed by atoms with Crippen molar-refractivity contribution in [3.05, 3.63) is 0 Å². The molecule has 0 aromatic heterocycles. The van der Waals surface area contributed by atoms with Crippen molar-refractivity contribution in [1.82, 2.24) is 15.5 Å². The van der Waals surface area contributed by atoms with Gasteiger partial charge in [0.1, 0.15) is 0 Å². The van der Waals surface area contributed by atoms with Crippen LogP contribution in [0.3, 0.4) is 0 Å². The number of hydrogen-bond donors (Lipinski definition) is 2. The monoisotopic (exact) mass is 269 g/mol. The van der Waals surface area contributed by atoms with Gasteiger partial charge in [0.15, 0.2) is 0 Å². The summed E-state index contributed by atoms with van der Waals surface area (Å²) >= 11 is 0. The fraction of sp³-hybridized carbons (Fsp3) is 0.933. The maximum Gasteiger partial charge on any atom is 0.221 e. The third-order valence-corrected chi connectivity index (χ3v) is 3.63. The Balaban J connectivity index is 2.01. The average molecular weight is 269 g/mol. The molecule has 1 aliphatic heterocycles. The van der Waals surface area contributed by atoms with Crippen molar-refractivity contribution in [2.45, 2.75) is 52.5 Å². The predicted molar refractivity (Wildman–Crippen MR) is 80.2 cm³/mol. The fourth-order valence-electron chi connectivity index (χ4n) is 2.28. The van der Waals surface area contributed by atoms with Crippen molar-refractivity contribution in [2.75, 3.05) is 32.7 Å². The average Bonchev–Trinajstić information content (AvgIpc) is 2.30. The number of piperidine rings is 1. The van der Waals surface area contributed by atoms with E-state index in [1.165, 1.54) is 25.9 Å². The highest BCUT2D eigenvalue weighted by Gasteiger charge is 2.15. The number of likely N-dealkylation sites (tertiary alicyclic amines) is 1. The SMILES string of the molecule is CC1CCN(CCNC(=O)CCNC(C)(C)C)CC1. The summed E-state index contributed by atoms with van der Waals surface area (Å²) in [4.78, 5) is 14.1. The number of nitrogens with one attached hydrogen (secondary N) is 2. The minimum Gasteiger partial charge on any atom is -0.355 e. The van der Waals surface area contributed by atoms with Gasteiger partial charge < -0.3 is 15.5 Å². The molecule has 1 rings (SSSR count). The predicted octanol–water partition coefficient (Wildman–Crippen LogP) is 1.61. The van der Waals surface area contributed by atoms with Crippen molar-refractivity contribution < 1.29 is 4.79 Å². The lowest BCUT2D eigenvalue weighted by Gasteiger charge is -2.30. The Kier molecular flexibility index (Phi) is 6.80. The van der Waals surface area contributed by atoms with Crippen LogP contribution in [0.15, 0.2) is 0 Å². The summed E-state index contributed by atoms with van der Waals surface area (Å²) in [6, 6.07) is 0. The van der Waals surface area contributed by atoms with Gasteiger partial charge in [0.25, 0.3) is 0 Å². The molecule has 0 spiro atoms. The molecule has 1 fully saturated rings. The molecule has 1 amide bonds. The van der Waals surface area contributed by atoms with Crippen LogP contribution < -0.4 is 10.6 Å². The van der Waals surface area contributed by atoms with E-state index in [0.29, 0.717) is 6.42 Å². The second kappa shape index (κ2) is 7.85. The van der Waals surface area contributed by atoms with Crippen LogP contribution in [0.1, 0.15) is 47.0 Å². The molecule has 0 aromatic rings. The van der Waals surface area contributed by atoms with E-state index in [0.717, 1.165) is 25.6 Å². The Hall–Kier alpha value is -0.610. The third kappa shape index (κ3) is 8.22. The summed E-state index contributed by atoms with van der Waals surface area (Å²) in [5.41, 5.74) is 0.0881. The molecule has 4 nitrogen and oxygen atoms in total. The molecule has 0 bridgehead atoms. The minimum absolute atomic E-state index is 0.0881. The number of nitrogens with zero attached hydrogens (tertiary/aromatic N) is 1. The Morgan fingerprint density at radius 3 is 2.42 bits per heavy atom. The summed E-state index contributed by atoms with van der Waals surface area (Å²) in [5, 5.41) is 6.33. The molecule has 4 heteroatoms. The zero-order chi connectivity index (χ0) is 14.3. The van der Waals surface area contributed by atoms with Crippen LogP contribution in [-0.4, -0.2) is 49.1 Å². The number of amides is 1. The highest BCUT2D eigenvalue weighted by molar-refractivity contribution is 5.76. The van der Waals surface area contributed by atoms with Crippen molar-refractivity contribution in [1.29, 1.82) is 0 Å². The molecular formula is C15H31N3O. The first-order chi connectivity index (χ1) is 8.87. The number of carbonyl (C=O) groups is 1. The summed E-state index contributed by atoms with van der Waals surface area (Å²) < 4.78 is 0. The summed E-state index contributed by atoms with van der Waals surface area (Å²) in [7, 11) is 0. The maximum absolute atomic E-state index is 11.7. The standard InChI is InChI=1S/C15H31N3O/c1-13-6-10-18(11-7-13)12-9-16-14(19)5-8-17-15(2,3)4/h13,17H,5-12H2,1-4H3,(H,16,19). The minimum atomic E-state index is 0.0881. The number of hydrogen-bond acceptors (Lipinski definition) is 3. The summed E-state index contributed by atoms with van der Waals surface area (Å²) in [6.45, 7) is 13.5. The fourth-order valence-corrected chi connectivity index (χ4v) is 2.28. The Morgan fingerprint density at radius 2 is 1.84 bits per heavy atom. The topological polar surface area (TPSA) is 44.4 Å². The van der Waals surface area contributed by atoms with Gasteiger partial charge in [0, 0.05) is 31.6 Å². The first kappa shape index (κ1) is 16.4. The highest BCUT2D eigenvalue weighted by Crippen LogP contribution is 2.14. The molecule has 0 aromatic carbocycles. The van der Waals surface area contributed by atoms with Gasteiger partial charge in [-0.1, -0.05) is 6.92 Å². The second-order valence-corrected chi connectivity index (χ2v) is 6.80. The molecule has 0 saturated carbocycles. The zero-order valence-corrected chi connectivity index (χ0v) is 13.1. The van der Waals surface area contributed by atoms with Crippen LogP contribution in [-0.2, 0) is 4.79 Å². The second-order valence-electron chi connectivity index (χ2n) is 6.80. The van der Waals surface area contributed by atoms with Crippen LogP contribution in [0.25, 0.3) is 0 Å². The molecule has 19 heavy (non-hydrogen) atoms. The Morgan fingerprint density at radius 1 is 1.21 bits per heavy atom. The molecule has 0 radical (unpaired) electrons. The maximum atomic E-state index is 11.7. The van der Waals surface area contributed by atoms with Crippen LogP contribution in [0.4, 0.5) is 0 Å². The zero-order valence-electron chi connectivity index (χ0n) is 13.1. The van der Waals surface area contributed by atoms with Crippen molar-refractivity contribution in [2.24, 2.45) is 5.92 Å². The van der Waals surface area contributed by atoms with E-state index in [2.05, 4.69) is 43.2 Å². The lowest BCUT2D eigenvalue weighted by Crippen LogP contribution is -2.41. The number of carbonyl (C=O) groups excluding carboxylic acids is 1. The van der Waals surface area contributed by atoms with E-state index in [-0.39, 0.29) is 11.4 Å². The van der Waals surface area contributed by atoms with E-state index in [4.69, 9.17) is 0 Å². The molecular weight excluding hydrogens is 238 g/mol. The van der Waals surface area contributed by atoms with Gasteiger partial charge in [-0.15, -0.1) is 0 Å². The normalized spacial score (nSPS) is 18.5. The number of rotatable bonds is 6. The molecule has 1 saturated heterocycles. The van der Waals surface area contributed by atoms with Crippen molar-refractivity contribution in [3.63, 3.8) is 0 Å². The largest absolute Gasteiger partial charge is 0.355 e. The van der Waals surface area contributed by atoms with E-state index in [1.54, 1.807) is 0 Å². The van der Waals surface area contributed by atoms with Crippen LogP contribution in [0.2, 0.25) is 0 Å².